The highest BCUT2D eigenvalue weighted by atomic mass is 16.6. The molecule has 3 aromatic carbocycles. The average Bonchev–Trinajstić information content (AvgIpc) is 3.89. The van der Waals surface area contributed by atoms with E-state index >= 15 is 0 Å². The zero-order valence-electron chi connectivity index (χ0n) is 25.6. The molecule has 2 fully saturated rings. The molecule has 8 nitrogen and oxygen atoms in total. The molecule has 0 aliphatic carbocycles. The number of aromatic amines is 2. The Kier molecular flexibility index (Phi) is 9.37. The molecule has 7 rings (SSSR count). The van der Waals surface area contributed by atoms with Crippen molar-refractivity contribution < 1.29 is 19.0 Å². The van der Waals surface area contributed by atoms with Gasteiger partial charge in [-0.05, 0) is 98.2 Å². The summed E-state index contributed by atoms with van der Waals surface area (Å²) in [5, 5.41) is 5.98. The summed E-state index contributed by atoms with van der Waals surface area (Å²) in [6, 6.07) is 22.8. The molecule has 2 atom stereocenters. The summed E-state index contributed by atoms with van der Waals surface area (Å²) in [6.07, 6.45) is 10.5. The quantitative estimate of drug-likeness (QED) is 0.180. The lowest BCUT2D eigenvalue weighted by atomic mass is 10.0. The molecule has 2 aromatic heterocycles. The Morgan fingerprint density at radius 2 is 1.48 bits per heavy atom. The van der Waals surface area contributed by atoms with Gasteiger partial charge in [-0.15, -0.1) is 0 Å². The summed E-state index contributed by atoms with van der Waals surface area (Å²) in [5.74, 6) is 1.77. The Bertz CT molecular complexity index is 1670. The Balaban J connectivity index is 0.000000173. The van der Waals surface area contributed by atoms with Crippen molar-refractivity contribution >= 4 is 27.9 Å². The van der Waals surface area contributed by atoms with Gasteiger partial charge < -0.3 is 34.4 Å². The van der Waals surface area contributed by atoms with E-state index in [1.807, 2.05) is 65.7 Å². The molecule has 2 aliphatic rings. The number of carbonyl (C=O) groups excluding carboxylic acids is 1. The molecule has 3 N–H and O–H groups in total. The number of ether oxygens (including phenoxy) is 3. The van der Waals surface area contributed by atoms with Crippen LogP contribution in [0.25, 0.3) is 21.8 Å². The number of fused-ring (bicyclic) bond motifs is 2. The Morgan fingerprint density at radius 1 is 0.818 bits per heavy atom. The molecular weight excluding hydrogens is 552 g/mol. The Morgan fingerprint density at radius 3 is 2.09 bits per heavy atom. The maximum Gasteiger partial charge on any atom is 0.410 e. The normalized spacial score (nSPS) is 17.9. The number of nitrogens with zero attached hydrogens (tertiary/aromatic N) is 1. The molecule has 0 radical (unpaired) electrons. The highest BCUT2D eigenvalue weighted by Gasteiger charge is 2.30. The minimum atomic E-state index is -0.223. The van der Waals surface area contributed by atoms with Crippen molar-refractivity contribution in [3.05, 3.63) is 95.8 Å². The standard InChI is InChI=1S/C22H24N2O3.C14H18N2O/c1-26-19-9-10-21-20(13-19)17(14-23-21)12-18-8-5-11-24(18)22(25)27-15-16-6-3-2-4-7-16;1-17-12-4-5-14-13(8-12)10(9-16-14)7-11-3-2-6-15-11/h2-4,6-7,9-10,13-14,18,23H,5,8,11-12,15H2,1H3;4-5,8-9,11,15-16H,2-3,6-7H2,1H3/t18-;11-/m11/s1. The number of carbonyl (C=O) groups is 1. The molecule has 0 bridgehead atoms. The van der Waals surface area contributed by atoms with Gasteiger partial charge in [-0.2, -0.15) is 0 Å². The molecule has 0 spiro atoms. The van der Waals surface area contributed by atoms with Crippen molar-refractivity contribution in [2.75, 3.05) is 27.3 Å². The van der Waals surface area contributed by atoms with Gasteiger partial charge in [0.25, 0.3) is 0 Å². The third kappa shape index (κ3) is 6.86. The molecule has 44 heavy (non-hydrogen) atoms. The second-order valence-corrected chi connectivity index (χ2v) is 11.7. The van der Waals surface area contributed by atoms with Gasteiger partial charge in [0.05, 0.1) is 14.2 Å². The second kappa shape index (κ2) is 13.9. The van der Waals surface area contributed by atoms with Crippen molar-refractivity contribution in [3.63, 3.8) is 0 Å². The zero-order valence-corrected chi connectivity index (χ0v) is 25.6. The van der Waals surface area contributed by atoms with E-state index in [-0.39, 0.29) is 12.1 Å². The van der Waals surface area contributed by atoms with Gasteiger partial charge in [0, 0.05) is 52.8 Å². The first-order chi connectivity index (χ1) is 21.6. The number of amides is 1. The molecule has 1 amide bonds. The fourth-order valence-corrected chi connectivity index (χ4v) is 6.45. The van der Waals surface area contributed by atoms with Crippen molar-refractivity contribution in [1.82, 2.24) is 20.2 Å². The van der Waals surface area contributed by atoms with Crippen molar-refractivity contribution in [1.29, 1.82) is 0 Å². The molecular formula is C36H42N4O4. The molecule has 230 valence electrons. The Labute approximate surface area is 258 Å². The van der Waals surface area contributed by atoms with Crippen LogP contribution >= 0.6 is 0 Å². The number of aromatic nitrogens is 2. The minimum Gasteiger partial charge on any atom is -0.497 e. The van der Waals surface area contributed by atoms with Crippen LogP contribution in [-0.4, -0.2) is 60.4 Å². The first-order valence-corrected chi connectivity index (χ1v) is 15.6. The lowest BCUT2D eigenvalue weighted by molar-refractivity contribution is 0.0921. The molecule has 0 unspecified atom stereocenters. The van der Waals surface area contributed by atoms with Crippen LogP contribution in [0.1, 0.15) is 42.4 Å². The van der Waals surface area contributed by atoms with E-state index in [4.69, 9.17) is 14.2 Å². The van der Waals surface area contributed by atoms with Crippen molar-refractivity contribution in [2.24, 2.45) is 0 Å². The number of benzene rings is 3. The highest BCUT2D eigenvalue weighted by Crippen LogP contribution is 2.29. The van der Waals surface area contributed by atoms with E-state index in [0.29, 0.717) is 12.6 Å². The number of H-pyrrole nitrogens is 2. The summed E-state index contributed by atoms with van der Waals surface area (Å²) < 4.78 is 16.2. The smallest absolute Gasteiger partial charge is 0.410 e. The number of rotatable bonds is 8. The van der Waals surface area contributed by atoms with Crippen molar-refractivity contribution in [3.8, 4) is 11.5 Å². The van der Waals surface area contributed by atoms with E-state index in [2.05, 4.69) is 33.6 Å². The maximum atomic E-state index is 12.6. The van der Waals surface area contributed by atoms with Gasteiger partial charge in [-0.1, -0.05) is 30.3 Å². The summed E-state index contributed by atoms with van der Waals surface area (Å²) in [5.41, 5.74) is 5.88. The first kappa shape index (κ1) is 29.6. The van der Waals surface area contributed by atoms with Crippen LogP contribution in [0.4, 0.5) is 4.79 Å². The summed E-state index contributed by atoms with van der Waals surface area (Å²) in [7, 11) is 3.39. The third-order valence-corrected chi connectivity index (χ3v) is 8.85. The Hall–Kier alpha value is -4.43. The topological polar surface area (TPSA) is 91.6 Å². The van der Waals surface area contributed by atoms with Crippen LogP contribution in [0.5, 0.6) is 11.5 Å². The van der Waals surface area contributed by atoms with Crippen molar-refractivity contribution in [2.45, 2.75) is 57.2 Å². The second-order valence-electron chi connectivity index (χ2n) is 11.7. The lowest BCUT2D eigenvalue weighted by Crippen LogP contribution is -2.37. The van der Waals surface area contributed by atoms with Crippen LogP contribution in [-0.2, 0) is 24.2 Å². The SMILES string of the molecule is COc1ccc2[nH]cc(C[C@H]3CCCN3)c2c1.COc1ccc2[nH]cc(C[C@H]3CCCN3C(=O)OCc3ccccc3)c2c1. The van der Waals surface area contributed by atoms with Crippen LogP contribution in [0.15, 0.2) is 79.1 Å². The van der Waals surface area contributed by atoms with E-state index in [9.17, 15) is 4.79 Å². The molecule has 8 heteroatoms. The van der Waals surface area contributed by atoms with Gasteiger partial charge in [-0.3, -0.25) is 0 Å². The number of nitrogens with one attached hydrogen (secondary N) is 3. The maximum absolute atomic E-state index is 12.6. The van der Waals surface area contributed by atoms with Gasteiger partial charge in [0.2, 0.25) is 0 Å². The minimum absolute atomic E-state index is 0.165. The van der Waals surface area contributed by atoms with E-state index < -0.39 is 0 Å². The molecule has 2 saturated heterocycles. The van der Waals surface area contributed by atoms with Gasteiger partial charge in [0.15, 0.2) is 0 Å². The fraction of sp³-hybridized carbons (Fsp3) is 0.361. The predicted molar refractivity (Wildman–Crippen MR) is 174 cm³/mol. The van der Waals surface area contributed by atoms with E-state index in [0.717, 1.165) is 66.7 Å². The highest BCUT2D eigenvalue weighted by molar-refractivity contribution is 5.85. The fourth-order valence-electron chi connectivity index (χ4n) is 6.45. The number of methoxy groups -OCH3 is 2. The summed E-state index contributed by atoms with van der Waals surface area (Å²) in [4.78, 5) is 21.1. The lowest BCUT2D eigenvalue weighted by Gasteiger charge is -2.24. The summed E-state index contributed by atoms with van der Waals surface area (Å²) in [6.45, 7) is 2.23. The van der Waals surface area contributed by atoms with Gasteiger partial charge in [0.1, 0.15) is 18.1 Å². The van der Waals surface area contributed by atoms with Crippen LogP contribution in [0.3, 0.4) is 0 Å². The monoisotopic (exact) mass is 594 g/mol. The molecule has 2 aliphatic heterocycles. The van der Waals surface area contributed by atoms with Gasteiger partial charge in [-0.25, -0.2) is 4.79 Å². The van der Waals surface area contributed by atoms with Crippen LogP contribution in [0, 0.1) is 0 Å². The summed E-state index contributed by atoms with van der Waals surface area (Å²) >= 11 is 0. The number of hydrogen-bond donors (Lipinski definition) is 3. The van der Waals surface area contributed by atoms with E-state index in [1.165, 1.54) is 34.9 Å². The van der Waals surface area contributed by atoms with E-state index in [1.54, 1.807) is 14.2 Å². The molecule has 4 heterocycles. The van der Waals surface area contributed by atoms with Crippen LogP contribution in [0.2, 0.25) is 0 Å². The zero-order chi connectivity index (χ0) is 30.3. The average molecular weight is 595 g/mol. The predicted octanol–water partition coefficient (Wildman–Crippen LogP) is 6.99. The number of hydrogen-bond acceptors (Lipinski definition) is 5. The van der Waals surface area contributed by atoms with Crippen LogP contribution < -0.4 is 14.8 Å². The third-order valence-electron chi connectivity index (χ3n) is 8.85. The molecule has 5 aromatic rings. The first-order valence-electron chi connectivity index (χ1n) is 15.6. The number of likely N-dealkylation sites (tertiary alicyclic amines) is 1. The molecule has 0 saturated carbocycles. The largest absolute Gasteiger partial charge is 0.497 e. The van der Waals surface area contributed by atoms with Gasteiger partial charge >= 0.3 is 6.09 Å².